The predicted octanol–water partition coefficient (Wildman–Crippen LogP) is 1.98. The van der Waals surface area contributed by atoms with Crippen LogP contribution in [-0.4, -0.2) is 28.6 Å². The van der Waals surface area contributed by atoms with Crippen molar-refractivity contribution >= 4 is 15.9 Å². The molecule has 0 aliphatic carbocycles. The number of nitrogens with zero attached hydrogens (tertiary/aromatic N) is 3. The third kappa shape index (κ3) is 4.00. The molecule has 1 aromatic carbocycles. The Kier molecular flexibility index (Phi) is 4.86. The fourth-order valence-electron chi connectivity index (χ4n) is 1.55. The lowest BCUT2D eigenvalue weighted by Gasteiger charge is -2.07. The van der Waals surface area contributed by atoms with Gasteiger partial charge in [-0.1, -0.05) is 21.1 Å². The first-order valence-electron chi connectivity index (χ1n) is 5.80. The van der Waals surface area contributed by atoms with E-state index in [0.29, 0.717) is 24.2 Å². The van der Waals surface area contributed by atoms with E-state index in [-0.39, 0.29) is 11.6 Å². The van der Waals surface area contributed by atoms with Gasteiger partial charge in [-0.05, 0) is 25.2 Å². The van der Waals surface area contributed by atoms with Gasteiger partial charge in [-0.15, -0.1) is 5.10 Å². The molecule has 0 aliphatic heterocycles. The summed E-state index contributed by atoms with van der Waals surface area (Å²) < 4.78 is 21.2. The Labute approximate surface area is 118 Å². The highest BCUT2D eigenvalue weighted by Crippen LogP contribution is 2.21. The summed E-state index contributed by atoms with van der Waals surface area (Å²) in [6.45, 7) is 1.52. The molecule has 1 aromatic heterocycles. The molecule has 0 saturated heterocycles. The summed E-state index contributed by atoms with van der Waals surface area (Å²) >= 11 is 3.19. The summed E-state index contributed by atoms with van der Waals surface area (Å²) in [5.74, 6) is -0.150. The van der Waals surface area contributed by atoms with E-state index >= 15 is 0 Å². The van der Waals surface area contributed by atoms with Crippen molar-refractivity contribution in [2.75, 3.05) is 13.7 Å². The topological polar surface area (TPSA) is 52.0 Å². The van der Waals surface area contributed by atoms with Crippen molar-refractivity contribution in [3.05, 3.63) is 40.4 Å². The summed E-state index contributed by atoms with van der Waals surface area (Å²) in [6.07, 6.45) is 1.83. The molecular formula is C12H14BrFN4O. The van der Waals surface area contributed by atoms with Gasteiger partial charge in [0.2, 0.25) is 0 Å². The number of ether oxygens (including phenoxy) is 1. The van der Waals surface area contributed by atoms with E-state index in [1.54, 1.807) is 16.8 Å². The van der Waals surface area contributed by atoms with Crippen molar-refractivity contribution in [1.29, 1.82) is 0 Å². The third-order valence-electron chi connectivity index (χ3n) is 2.42. The molecule has 7 heteroatoms. The fourth-order valence-corrected chi connectivity index (χ4v) is 1.88. The molecule has 0 spiro atoms. The van der Waals surface area contributed by atoms with Gasteiger partial charge in [0.05, 0.1) is 12.2 Å². The largest absolute Gasteiger partial charge is 0.489 e. The van der Waals surface area contributed by atoms with Crippen LogP contribution in [0.15, 0.2) is 28.9 Å². The number of benzene rings is 1. The molecule has 5 nitrogen and oxygen atoms in total. The summed E-state index contributed by atoms with van der Waals surface area (Å²) in [5, 5.41) is 10.9. The Morgan fingerprint density at radius 3 is 3.05 bits per heavy atom. The van der Waals surface area contributed by atoms with Crippen molar-refractivity contribution < 1.29 is 9.13 Å². The second-order valence-electron chi connectivity index (χ2n) is 3.93. The van der Waals surface area contributed by atoms with Gasteiger partial charge in [-0.3, -0.25) is 0 Å². The van der Waals surface area contributed by atoms with Crippen LogP contribution in [0, 0.1) is 5.82 Å². The van der Waals surface area contributed by atoms with Crippen LogP contribution in [0.3, 0.4) is 0 Å². The van der Waals surface area contributed by atoms with Gasteiger partial charge < -0.3 is 10.1 Å². The minimum Gasteiger partial charge on any atom is -0.489 e. The van der Waals surface area contributed by atoms with Crippen molar-refractivity contribution in [1.82, 2.24) is 20.3 Å². The zero-order valence-electron chi connectivity index (χ0n) is 10.4. The minimum atomic E-state index is -0.385. The molecule has 0 radical (unpaired) electrons. The summed E-state index contributed by atoms with van der Waals surface area (Å²) in [6, 6.07) is 4.70. The highest BCUT2D eigenvalue weighted by molar-refractivity contribution is 9.10. The van der Waals surface area contributed by atoms with E-state index in [4.69, 9.17) is 4.74 Å². The second-order valence-corrected chi connectivity index (χ2v) is 4.84. The third-order valence-corrected chi connectivity index (χ3v) is 2.91. The maximum absolute atomic E-state index is 13.5. The van der Waals surface area contributed by atoms with Gasteiger partial charge in [-0.25, -0.2) is 9.07 Å². The maximum Gasteiger partial charge on any atom is 0.166 e. The van der Waals surface area contributed by atoms with Crippen LogP contribution in [0.2, 0.25) is 0 Å². The van der Waals surface area contributed by atoms with Gasteiger partial charge in [0.15, 0.2) is 11.6 Å². The molecule has 0 unspecified atom stereocenters. The van der Waals surface area contributed by atoms with E-state index in [0.717, 1.165) is 5.69 Å². The molecule has 0 amide bonds. The molecule has 1 heterocycles. The Morgan fingerprint density at radius 1 is 1.47 bits per heavy atom. The van der Waals surface area contributed by atoms with Crippen molar-refractivity contribution in [2.24, 2.45) is 0 Å². The average Bonchev–Trinajstić information content (AvgIpc) is 2.80. The Morgan fingerprint density at radius 2 is 2.32 bits per heavy atom. The van der Waals surface area contributed by atoms with Gasteiger partial charge in [0, 0.05) is 17.2 Å². The lowest BCUT2D eigenvalue weighted by atomic mass is 10.3. The number of hydrogen-bond donors (Lipinski definition) is 1. The lowest BCUT2D eigenvalue weighted by molar-refractivity contribution is 0.277. The quantitative estimate of drug-likeness (QED) is 0.881. The average molecular weight is 329 g/mol. The molecule has 0 atom stereocenters. The Bertz CT molecular complexity index is 546. The van der Waals surface area contributed by atoms with Crippen LogP contribution >= 0.6 is 15.9 Å². The highest BCUT2D eigenvalue weighted by Gasteiger charge is 2.04. The van der Waals surface area contributed by atoms with Gasteiger partial charge in [0.25, 0.3) is 0 Å². The molecule has 0 saturated carbocycles. The number of halogens is 2. The first-order valence-corrected chi connectivity index (χ1v) is 6.60. The minimum absolute atomic E-state index is 0.235. The molecule has 0 bridgehead atoms. The second kappa shape index (κ2) is 6.63. The highest BCUT2D eigenvalue weighted by atomic mass is 79.9. The van der Waals surface area contributed by atoms with E-state index in [2.05, 4.69) is 31.6 Å². The molecular weight excluding hydrogens is 315 g/mol. The fraction of sp³-hybridized carbons (Fsp3) is 0.333. The van der Waals surface area contributed by atoms with Crippen molar-refractivity contribution in [3.8, 4) is 5.75 Å². The summed E-state index contributed by atoms with van der Waals surface area (Å²) in [5.41, 5.74) is 0.859. The normalized spacial score (nSPS) is 10.7. The predicted molar refractivity (Wildman–Crippen MR) is 72.4 cm³/mol. The van der Waals surface area contributed by atoms with Gasteiger partial charge >= 0.3 is 0 Å². The number of aromatic nitrogens is 3. The maximum atomic E-state index is 13.5. The first-order chi connectivity index (χ1) is 9.19. The Balaban J connectivity index is 1.85. The van der Waals surface area contributed by atoms with E-state index < -0.39 is 0 Å². The number of hydrogen-bond acceptors (Lipinski definition) is 4. The van der Waals surface area contributed by atoms with Crippen LogP contribution in [0.4, 0.5) is 4.39 Å². The standard InChI is InChI=1S/C12H14BrFN4O/c1-15-7-10-8-18(17-16-10)4-5-19-12-3-2-9(13)6-11(12)14/h2-3,6,8,15H,4-5,7H2,1H3. The van der Waals surface area contributed by atoms with E-state index in [1.807, 2.05) is 13.2 Å². The Hall–Kier alpha value is -1.47. The lowest BCUT2D eigenvalue weighted by Crippen LogP contribution is -2.09. The SMILES string of the molecule is CNCc1cn(CCOc2ccc(Br)cc2F)nn1. The van der Waals surface area contributed by atoms with E-state index in [1.165, 1.54) is 6.07 Å². The monoisotopic (exact) mass is 328 g/mol. The van der Waals surface area contributed by atoms with Crippen LogP contribution < -0.4 is 10.1 Å². The zero-order valence-corrected chi connectivity index (χ0v) is 12.0. The molecule has 102 valence electrons. The van der Waals surface area contributed by atoms with Crippen LogP contribution in [0.25, 0.3) is 0 Å². The molecule has 2 rings (SSSR count). The van der Waals surface area contributed by atoms with Gasteiger partial charge in [-0.2, -0.15) is 0 Å². The van der Waals surface area contributed by atoms with Gasteiger partial charge in [0.1, 0.15) is 6.61 Å². The van der Waals surface area contributed by atoms with Crippen molar-refractivity contribution in [2.45, 2.75) is 13.1 Å². The van der Waals surface area contributed by atoms with E-state index in [9.17, 15) is 4.39 Å². The number of rotatable bonds is 6. The van der Waals surface area contributed by atoms with Crippen LogP contribution in [0.1, 0.15) is 5.69 Å². The number of nitrogens with one attached hydrogen (secondary N) is 1. The summed E-state index contributed by atoms with van der Waals surface area (Å²) in [4.78, 5) is 0. The molecule has 1 N–H and O–H groups in total. The first kappa shape index (κ1) is 14.0. The van der Waals surface area contributed by atoms with Crippen LogP contribution in [0.5, 0.6) is 5.75 Å². The van der Waals surface area contributed by atoms with Crippen molar-refractivity contribution in [3.63, 3.8) is 0 Å². The smallest absolute Gasteiger partial charge is 0.166 e. The van der Waals surface area contributed by atoms with Crippen LogP contribution in [-0.2, 0) is 13.1 Å². The summed E-state index contributed by atoms with van der Waals surface area (Å²) in [7, 11) is 1.85. The molecule has 2 aromatic rings. The zero-order chi connectivity index (χ0) is 13.7. The molecule has 0 aliphatic rings. The molecule has 19 heavy (non-hydrogen) atoms. The molecule has 0 fully saturated rings.